The zero-order valence-electron chi connectivity index (χ0n) is 8.81. The molecule has 1 aliphatic carbocycles. The summed E-state index contributed by atoms with van der Waals surface area (Å²) in [6.45, 7) is 11.6. The van der Waals surface area contributed by atoms with E-state index in [9.17, 15) is 0 Å². The van der Waals surface area contributed by atoms with Gasteiger partial charge in [-0.2, -0.15) is 0 Å². The van der Waals surface area contributed by atoms with Gasteiger partial charge in [0.25, 0.3) is 0 Å². The van der Waals surface area contributed by atoms with Gasteiger partial charge in [-0.05, 0) is 11.5 Å². The number of allylic oxidation sites excluding steroid dienone is 4. The van der Waals surface area contributed by atoms with Crippen LogP contribution in [0.3, 0.4) is 0 Å². The summed E-state index contributed by atoms with van der Waals surface area (Å²) in [7, 11) is -0.615. The van der Waals surface area contributed by atoms with Crippen molar-refractivity contribution < 1.29 is 0 Å². The summed E-state index contributed by atoms with van der Waals surface area (Å²) in [5.74, 6) is 0.544. The molecule has 0 bridgehead atoms. The van der Waals surface area contributed by atoms with Crippen molar-refractivity contribution in [2.45, 2.75) is 33.9 Å². The fourth-order valence-electron chi connectivity index (χ4n) is 1.34. The van der Waals surface area contributed by atoms with Crippen LogP contribution in [0.5, 0.6) is 0 Å². The predicted molar refractivity (Wildman–Crippen MR) is 57.7 cm³/mol. The van der Waals surface area contributed by atoms with E-state index in [0.29, 0.717) is 11.3 Å². The van der Waals surface area contributed by atoms with Gasteiger partial charge in [0.15, 0.2) is 0 Å². The Morgan fingerprint density at radius 3 is 2.17 bits per heavy atom. The summed E-state index contributed by atoms with van der Waals surface area (Å²) in [5.41, 5.74) is 0.349. The lowest BCUT2D eigenvalue weighted by Crippen LogP contribution is -2.15. The molecule has 0 amide bonds. The van der Waals surface area contributed by atoms with Gasteiger partial charge in [-0.3, -0.25) is 0 Å². The average Bonchev–Trinajstić information content (AvgIpc) is 2.30. The third-order valence-electron chi connectivity index (χ3n) is 2.35. The van der Waals surface area contributed by atoms with E-state index in [-0.39, 0.29) is 0 Å². The molecule has 0 aromatic heterocycles. The monoisotopic (exact) mass is 179 g/mol. The van der Waals surface area contributed by atoms with E-state index in [1.165, 1.54) is 5.20 Å². The standard InChI is InChI=1S/C11H19Si/c1-11(2,3)9-6-7-10(8-9)12(4)5/h6-7,9,12H,1-5H3. The van der Waals surface area contributed by atoms with Gasteiger partial charge in [0.1, 0.15) is 0 Å². The van der Waals surface area contributed by atoms with E-state index in [1.807, 2.05) is 0 Å². The fraction of sp³-hybridized carbons (Fsp3) is 0.636. The summed E-state index contributed by atoms with van der Waals surface area (Å²) in [5, 5.41) is 1.51. The van der Waals surface area contributed by atoms with Crippen LogP contribution < -0.4 is 0 Å². The van der Waals surface area contributed by atoms with E-state index in [2.05, 4.69) is 52.1 Å². The first-order chi connectivity index (χ1) is 5.41. The molecule has 1 aliphatic rings. The molecular weight excluding hydrogens is 160 g/mol. The Bertz CT molecular complexity index is 216. The highest BCUT2D eigenvalue weighted by molar-refractivity contribution is 6.64. The zero-order chi connectivity index (χ0) is 9.35. The maximum atomic E-state index is 3.60. The second-order valence-electron chi connectivity index (χ2n) is 4.96. The molecule has 0 fully saturated rings. The Labute approximate surface area is 78.0 Å². The fourth-order valence-corrected chi connectivity index (χ4v) is 2.35. The molecule has 0 aromatic rings. The van der Waals surface area contributed by atoms with Crippen LogP contribution in [0.15, 0.2) is 17.3 Å². The van der Waals surface area contributed by atoms with Gasteiger partial charge in [-0.15, -0.1) is 0 Å². The lowest BCUT2D eigenvalue weighted by Gasteiger charge is -2.23. The van der Waals surface area contributed by atoms with E-state index in [1.54, 1.807) is 0 Å². The van der Waals surface area contributed by atoms with Crippen molar-refractivity contribution in [3.63, 3.8) is 0 Å². The molecule has 1 heteroatoms. The first-order valence-electron chi connectivity index (χ1n) is 4.73. The molecule has 0 saturated heterocycles. The van der Waals surface area contributed by atoms with Gasteiger partial charge >= 0.3 is 0 Å². The SMILES string of the molecule is C[SiH](C)C1=[C]C(C(C)(C)C)C=C1. The quantitative estimate of drug-likeness (QED) is 0.543. The summed E-state index contributed by atoms with van der Waals surface area (Å²) in [6, 6.07) is 0. The predicted octanol–water partition coefficient (Wildman–Crippen LogP) is 2.97. The molecule has 67 valence electrons. The zero-order valence-corrected chi connectivity index (χ0v) is 9.96. The molecule has 0 saturated carbocycles. The van der Waals surface area contributed by atoms with Crippen LogP contribution in [0.4, 0.5) is 0 Å². The molecule has 1 rings (SSSR count). The Morgan fingerprint density at radius 1 is 1.33 bits per heavy atom. The second-order valence-corrected chi connectivity index (χ2v) is 7.89. The van der Waals surface area contributed by atoms with Crippen LogP contribution in [-0.2, 0) is 0 Å². The minimum Gasteiger partial charge on any atom is -0.0766 e. The van der Waals surface area contributed by atoms with Crippen LogP contribution in [0.25, 0.3) is 0 Å². The molecule has 1 unspecified atom stereocenters. The number of rotatable bonds is 1. The van der Waals surface area contributed by atoms with Crippen LogP contribution in [0.1, 0.15) is 20.8 Å². The van der Waals surface area contributed by atoms with Crippen molar-refractivity contribution >= 4 is 8.80 Å². The maximum Gasteiger partial charge on any atom is 0.0651 e. The third-order valence-corrected chi connectivity index (χ3v) is 3.95. The molecule has 0 N–H and O–H groups in total. The molecule has 0 spiro atoms. The summed E-state index contributed by atoms with van der Waals surface area (Å²) >= 11 is 0. The van der Waals surface area contributed by atoms with Crippen LogP contribution in [0.2, 0.25) is 13.1 Å². The average molecular weight is 179 g/mol. The van der Waals surface area contributed by atoms with Crippen molar-refractivity contribution in [3.05, 3.63) is 23.4 Å². The second kappa shape index (κ2) is 3.21. The van der Waals surface area contributed by atoms with Crippen molar-refractivity contribution in [2.24, 2.45) is 11.3 Å². The topological polar surface area (TPSA) is 0 Å². The summed E-state index contributed by atoms with van der Waals surface area (Å²) < 4.78 is 0. The lowest BCUT2D eigenvalue weighted by atomic mass is 9.82. The normalized spacial score (nSPS) is 23.5. The van der Waals surface area contributed by atoms with Crippen molar-refractivity contribution in [1.29, 1.82) is 0 Å². The summed E-state index contributed by atoms with van der Waals surface area (Å²) in [4.78, 5) is 0. The Hall–Kier alpha value is -0.303. The van der Waals surface area contributed by atoms with E-state index in [0.717, 1.165) is 0 Å². The third kappa shape index (κ3) is 2.10. The maximum absolute atomic E-state index is 3.60. The van der Waals surface area contributed by atoms with E-state index in [4.69, 9.17) is 0 Å². The number of hydrogen-bond donors (Lipinski definition) is 0. The molecule has 0 aliphatic heterocycles. The van der Waals surface area contributed by atoms with Crippen LogP contribution >= 0.6 is 0 Å². The first kappa shape index (κ1) is 9.78. The largest absolute Gasteiger partial charge is 0.0766 e. The minimum atomic E-state index is -0.615. The Morgan fingerprint density at radius 2 is 1.92 bits per heavy atom. The summed E-state index contributed by atoms with van der Waals surface area (Å²) in [6.07, 6.45) is 8.19. The number of hydrogen-bond acceptors (Lipinski definition) is 0. The van der Waals surface area contributed by atoms with Gasteiger partial charge in [0.2, 0.25) is 0 Å². The minimum absolute atomic E-state index is 0.349. The Balaban J connectivity index is 2.74. The molecular formula is C11H19Si. The molecule has 0 heterocycles. The molecule has 0 aromatic carbocycles. The highest BCUT2D eigenvalue weighted by Gasteiger charge is 2.24. The highest BCUT2D eigenvalue weighted by atomic mass is 28.3. The van der Waals surface area contributed by atoms with E-state index >= 15 is 0 Å². The van der Waals surface area contributed by atoms with Crippen molar-refractivity contribution in [3.8, 4) is 0 Å². The van der Waals surface area contributed by atoms with Crippen molar-refractivity contribution in [2.75, 3.05) is 0 Å². The molecule has 1 atom stereocenters. The van der Waals surface area contributed by atoms with Gasteiger partial charge in [-0.1, -0.05) is 51.2 Å². The molecule has 0 nitrogen and oxygen atoms in total. The Kier molecular flexibility index (Phi) is 2.62. The van der Waals surface area contributed by atoms with Crippen molar-refractivity contribution in [1.82, 2.24) is 0 Å². The van der Waals surface area contributed by atoms with Gasteiger partial charge in [-0.25, -0.2) is 0 Å². The highest BCUT2D eigenvalue weighted by Crippen LogP contribution is 2.32. The van der Waals surface area contributed by atoms with Gasteiger partial charge in [0, 0.05) is 5.92 Å². The molecule has 1 radical (unpaired) electrons. The lowest BCUT2D eigenvalue weighted by molar-refractivity contribution is 0.339. The van der Waals surface area contributed by atoms with Crippen LogP contribution in [-0.4, -0.2) is 8.80 Å². The molecule has 12 heavy (non-hydrogen) atoms. The van der Waals surface area contributed by atoms with E-state index < -0.39 is 8.80 Å². The smallest absolute Gasteiger partial charge is 0.0651 e. The van der Waals surface area contributed by atoms with Gasteiger partial charge in [0.05, 0.1) is 8.80 Å². The first-order valence-corrected chi connectivity index (χ1v) is 7.61. The van der Waals surface area contributed by atoms with Crippen LogP contribution in [0, 0.1) is 17.4 Å². The van der Waals surface area contributed by atoms with Gasteiger partial charge < -0.3 is 0 Å².